The number of nitriles is 1. The van der Waals surface area contributed by atoms with Crippen LogP contribution in [0.25, 0.3) is 10.2 Å². The van der Waals surface area contributed by atoms with Crippen LogP contribution in [0.5, 0.6) is 0 Å². The smallest absolute Gasteiger partial charge is 0.111 e. The molecule has 0 N–H and O–H groups in total. The van der Waals surface area contributed by atoms with E-state index in [-0.39, 0.29) is 0 Å². The van der Waals surface area contributed by atoms with Gasteiger partial charge in [0, 0.05) is 26.2 Å². The Hall–Kier alpha value is -1.48. The molecule has 0 saturated carbocycles. The largest absolute Gasteiger partial charge is 0.292 e. The molecule has 1 aliphatic heterocycles. The average molecular weight is 286 g/mol. The Morgan fingerprint density at radius 1 is 1.30 bits per heavy atom. The Kier molecular flexibility index (Phi) is 3.97. The summed E-state index contributed by atoms with van der Waals surface area (Å²) in [5.74, 6) is 0. The normalized spacial score (nSPS) is 19.0. The molecule has 1 aliphatic rings. The van der Waals surface area contributed by atoms with Crippen molar-refractivity contribution < 1.29 is 0 Å². The van der Waals surface area contributed by atoms with Gasteiger partial charge in [-0.25, -0.2) is 4.98 Å². The van der Waals surface area contributed by atoms with Crippen LogP contribution in [-0.4, -0.2) is 47.5 Å². The second-order valence-corrected chi connectivity index (χ2v) is 6.23. The minimum absolute atomic E-state index is 0.358. The number of fused-ring (bicyclic) bond motifs is 1. The van der Waals surface area contributed by atoms with Gasteiger partial charge in [-0.2, -0.15) is 5.26 Å². The van der Waals surface area contributed by atoms with E-state index in [9.17, 15) is 0 Å². The maximum Gasteiger partial charge on any atom is 0.111 e. The van der Waals surface area contributed by atoms with Crippen LogP contribution < -0.4 is 0 Å². The summed E-state index contributed by atoms with van der Waals surface area (Å²) in [6.07, 6.45) is 0. The highest BCUT2D eigenvalue weighted by Gasteiger charge is 2.23. The minimum Gasteiger partial charge on any atom is -0.292 e. The van der Waals surface area contributed by atoms with Crippen LogP contribution in [0.15, 0.2) is 24.3 Å². The standard InChI is InChI=1S/C15H18N4S/c1-12(19-10-8-18(7-6-16)9-11-19)15-17-13-4-2-3-5-14(13)20-15/h2-5,12H,7-11H2,1H3. The molecule has 4 nitrogen and oxygen atoms in total. The Balaban J connectivity index is 1.70. The number of hydrogen-bond acceptors (Lipinski definition) is 5. The van der Waals surface area contributed by atoms with Gasteiger partial charge in [0.25, 0.3) is 0 Å². The van der Waals surface area contributed by atoms with Crippen LogP contribution >= 0.6 is 11.3 Å². The van der Waals surface area contributed by atoms with E-state index in [4.69, 9.17) is 10.2 Å². The molecule has 1 unspecified atom stereocenters. The first-order chi connectivity index (χ1) is 9.78. The molecular formula is C15H18N4S. The van der Waals surface area contributed by atoms with Crippen LogP contribution in [0.1, 0.15) is 18.0 Å². The van der Waals surface area contributed by atoms with Crippen molar-refractivity contribution in [1.29, 1.82) is 5.26 Å². The second-order valence-electron chi connectivity index (χ2n) is 5.17. The lowest BCUT2D eigenvalue weighted by molar-refractivity contribution is 0.111. The predicted molar refractivity (Wildman–Crippen MR) is 81.7 cm³/mol. The van der Waals surface area contributed by atoms with Crippen molar-refractivity contribution in [1.82, 2.24) is 14.8 Å². The zero-order chi connectivity index (χ0) is 13.9. The fourth-order valence-electron chi connectivity index (χ4n) is 2.63. The summed E-state index contributed by atoms with van der Waals surface area (Å²) in [5.41, 5.74) is 1.10. The zero-order valence-electron chi connectivity index (χ0n) is 11.6. The Bertz CT molecular complexity index is 589. The van der Waals surface area contributed by atoms with E-state index < -0.39 is 0 Å². The fraction of sp³-hybridized carbons (Fsp3) is 0.467. The molecule has 0 radical (unpaired) electrons. The summed E-state index contributed by atoms with van der Waals surface area (Å²) in [5, 5.41) is 9.93. The first-order valence-corrected chi connectivity index (χ1v) is 7.78. The molecule has 20 heavy (non-hydrogen) atoms. The number of piperazine rings is 1. The fourth-order valence-corrected chi connectivity index (χ4v) is 3.69. The van der Waals surface area contributed by atoms with Crippen molar-refractivity contribution >= 4 is 21.6 Å². The minimum atomic E-state index is 0.358. The van der Waals surface area contributed by atoms with Crippen molar-refractivity contribution in [2.75, 3.05) is 32.7 Å². The van der Waals surface area contributed by atoms with Crippen molar-refractivity contribution in [2.24, 2.45) is 0 Å². The molecule has 0 spiro atoms. The third kappa shape index (κ3) is 2.68. The van der Waals surface area contributed by atoms with Crippen molar-refractivity contribution in [3.05, 3.63) is 29.3 Å². The SMILES string of the molecule is CC(c1nc2ccccc2s1)N1CCN(CC#N)CC1. The summed E-state index contributed by atoms with van der Waals surface area (Å²) < 4.78 is 1.26. The van der Waals surface area contributed by atoms with Crippen molar-refractivity contribution in [2.45, 2.75) is 13.0 Å². The zero-order valence-corrected chi connectivity index (χ0v) is 12.4. The Morgan fingerprint density at radius 3 is 2.75 bits per heavy atom. The van der Waals surface area contributed by atoms with Crippen LogP contribution in [0.2, 0.25) is 0 Å². The molecular weight excluding hydrogens is 268 g/mol. The van der Waals surface area contributed by atoms with Gasteiger partial charge in [-0.05, 0) is 19.1 Å². The van der Waals surface area contributed by atoms with Gasteiger partial charge in [0.05, 0.1) is 28.9 Å². The molecule has 0 aliphatic carbocycles. The average Bonchev–Trinajstić information content (AvgIpc) is 2.91. The summed E-state index contributed by atoms with van der Waals surface area (Å²) >= 11 is 1.79. The van der Waals surface area contributed by atoms with Crippen LogP contribution in [0, 0.1) is 11.3 Å². The lowest BCUT2D eigenvalue weighted by Gasteiger charge is -2.36. The molecule has 5 heteroatoms. The van der Waals surface area contributed by atoms with E-state index in [2.05, 4.69) is 41.0 Å². The van der Waals surface area contributed by atoms with Gasteiger partial charge in [-0.3, -0.25) is 9.80 Å². The summed E-state index contributed by atoms with van der Waals surface area (Å²) in [6.45, 7) is 6.75. The molecule has 0 amide bonds. The first-order valence-electron chi connectivity index (χ1n) is 6.97. The number of aromatic nitrogens is 1. The highest BCUT2D eigenvalue weighted by Crippen LogP contribution is 2.29. The quantitative estimate of drug-likeness (QED) is 0.813. The molecule has 0 bridgehead atoms. The molecule has 1 atom stereocenters. The summed E-state index contributed by atoms with van der Waals surface area (Å²) in [4.78, 5) is 9.43. The molecule has 1 aromatic heterocycles. The second kappa shape index (κ2) is 5.88. The van der Waals surface area contributed by atoms with Crippen LogP contribution in [-0.2, 0) is 0 Å². The lowest BCUT2D eigenvalue weighted by atomic mass is 10.2. The maximum absolute atomic E-state index is 8.74. The third-order valence-electron chi connectivity index (χ3n) is 3.92. The van der Waals surface area contributed by atoms with Gasteiger partial charge in [-0.1, -0.05) is 12.1 Å². The topological polar surface area (TPSA) is 43.2 Å². The summed E-state index contributed by atoms with van der Waals surface area (Å²) in [6, 6.07) is 10.9. The molecule has 1 fully saturated rings. The number of para-hydroxylation sites is 1. The molecule has 104 valence electrons. The number of benzene rings is 1. The van der Waals surface area contributed by atoms with Gasteiger partial charge in [0.15, 0.2) is 0 Å². The first kappa shape index (κ1) is 13.5. The van der Waals surface area contributed by atoms with Crippen molar-refractivity contribution in [3.63, 3.8) is 0 Å². The highest BCUT2D eigenvalue weighted by molar-refractivity contribution is 7.18. The number of nitrogens with zero attached hydrogens (tertiary/aromatic N) is 4. The van der Waals surface area contributed by atoms with Gasteiger partial charge < -0.3 is 0 Å². The number of rotatable bonds is 3. The molecule has 2 aromatic rings. The number of hydrogen-bond donors (Lipinski definition) is 0. The molecule has 2 heterocycles. The Labute approximate surface area is 123 Å². The Morgan fingerprint density at radius 2 is 2.05 bits per heavy atom. The molecule has 1 aromatic carbocycles. The van der Waals surface area contributed by atoms with Crippen molar-refractivity contribution in [3.8, 4) is 6.07 Å². The monoisotopic (exact) mass is 286 g/mol. The van der Waals surface area contributed by atoms with Gasteiger partial charge in [0.2, 0.25) is 0 Å². The van der Waals surface area contributed by atoms with E-state index in [1.54, 1.807) is 11.3 Å². The highest BCUT2D eigenvalue weighted by atomic mass is 32.1. The van der Waals surface area contributed by atoms with E-state index in [0.29, 0.717) is 12.6 Å². The van der Waals surface area contributed by atoms with Crippen LogP contribution in [0.3, 0.4) is 0 Å². The number of thiazole rings is 1. The van der Waals surface area contributed by atoms with Crippen LogP contribution in [0.4, 0.5) is 0 Å². The third-order valence-corrected chi connectivity index (χ3v) is 5.12. The van der Waals surface area contributed by atoms with E-state index in [1.807, 2.05) is 6.07 Å². The van der Waals surface area contributed by atoms with E-state index in [0.717, 1.165) is 31.7 Å². The predicted octanol–water partition coefficient (Wildman–Crippen LogP) is 2.50. The summed E-state index contributed by atoms with van der Waals surface area (Å²) in [7, 11) is 0. The van der Waals surface area contributed by atoms with E-state index >= 15 is 0 Å². The van der Waals surface area contributed by atoms with Gasteiger partial charge >= 0.3 is 0 Å². The van der Waals surface area contributed by atoms with Gasteiger partial charge in [0.1, 0.15) is 5.01 Å². The molecule has 1 saturated heterocycles. The van der Waals surface area contributed by atoms with E-state index in [1.165, 1.54) is 9.71 Å². The lowest BCUT2D eigenvalue weighted by Crippen LogP contribution is -2.47. The van der Waals surface area contributed by atoms with Gasteiger partial charge in [-0.15, -0.1) is 11.3 Å². The molecule has 3 rings (SSSR count). The maximum atomic E-state index is 8.74.